The number of carbonyl (C=O) groups excluding carboxylic acids is 3. The molecule has 0 unspecified atom stereocenters. The van der Waals surface area contributed by atoms with E-state index in [0.717, 1.165) is 12.0 Å². The maximum Gasteiger partial charge on any atom is 0.236 e. The normalized spacial score (nSPS) is 28.6. The first-order chi connectivity index (χ1) is 11.7. The second-order valence-electron chi connectivity index (χ2n) is 8.52. The van der Waals surface area contributed by atoms with Crippen molar-refractivity contribution in [3.05, 3.63) is 35.9 Å². The van der Waals surface area contributed by atoms with E-state index >= 15 is 0 Å². The van der Waals surface area contributed by atoms with Crippen LogP contribution in [-0.2, 0) is 20.9 Å². The van der Waals surface area contributed by atoms with Gasteiger partial charge in [-0.25, -0.2) is 0 Å². The summed E-state index contributed by atoms with van der Waals surface area (Å²) >= 11 is 0. The van der Waals surface area contributed by atoms with E-state index in [9.17, 15) is 14.4 Å². The Kier molecular flexibility index (Phi) is 4.56. The van der Waals surface area contributed by atoms with Crippen molar-refractivity contribution in [3.63, 3.8) is 0 Å². The van der Waals surface area contributed by atoms with E-state index in [0.29, 0.717) is 32.4 Å². The molecule has 0 radical (unpaired) electrons. The molecule has 3 rings (SSSR count). The van der Waals surface area contributed by atoms with Crippen molar-refractivity contribution in [1.29, 1.82) is 0 Å². The Morgan fingerprint density at radius 3 is 2.44 bits per heavy atom. The van der Waals surface area contributed by atoms with Crippen LogP contribution in [-0.4, -0.2) is 28.9 Å². The number of amides is 1. The van der Waals surface area contributed by atoms with Gasteiger partial charge in [0.2, 0.25) is 5.91 Å². The fourth-order valence-electron chi connectivity index (χ4n) is 4.77. The summed E-state index contributed by atoms with van der Waals surface area (Å²) < 4.78 is 0. The molecule has 0 aromatic heterocycles. The van der Waals surface area contributed by atoms with Gasteiger partial charge in [-0.2, -0.15) is 0 Å². The number of nitrogens with zero attached hydrogens (tertiary/aromatic N) is 1. The van der Waals surface area contributed by atoms with Crippen LogP contribution in [0.4, 0.5) is 0 Å². The van der Waals surface area contributed by atoms with Gasteiger partial charge < -0.3 is 9.69 Å². The van der Waals surface area contributed by atoms with Crippen LogP contribution in [0.25, 0.3) is 0 Å². The average molecular weight is 341 g/mol. The topological polar surface area (TPSA) is 54.5 Å². The first-order valence-corrected chi connectivity index (χ1v) is 9.11. The molecule has 2 fully saturated rings. The number of piperidine rings is 1. The third-order valence-electron chi connectivity index (χ3n) is 5.76. The molecule has 1 heterocycles. The first-order valence-electron chi connectivity index (χ1n) is 9.11. The molecule has 4 nitrogen and oxygen atoms in total. The van der Waals surface area contributed by atoms with Crippen LogP contribution in [0.1, 0.15) is 52.0 Å². The Bertz CT molecular complexity index is 694. The molecule has 1 saturated heterocycles. The lowest BCUT2D eigenvalue weighted by Crippen LogP contribution is -2.55. The summed E-state index contributed by atoms with van der Waals surface area (Å²) in [5.41, 5.74) is -0.111. The van der Waals surface area contributed by atoms with Crippen molar-refractivity contribution < 1.29 is 14.4 Å². The second kappa shape index (κ2) is 6.40. The van der Waals surface area contributed by atoms with Crippen LogP contribution in [0.2, 0.25) is 0 Å². The standard InChI is InChI=1S/C21H27NO3/c1-15(23)11-17-9-10-22(13-16-7-5-4-6-8-16)19(25)21(17)14-20(2,3)12-18(21)24/h4-8,17H,9-14H2,1-3H3/t17-,21+/m0/s1. The Labute approximate surface area is 149 Å². The van der Waals surface area contributed by atoms with Crippen molar-refractivity contribution in [2.45, 2.75) is 53.0 Å². The minimum absolute atomic E-state index is 0.0338. The molecule has 1 amide bonds. The van der Waals surface area contributed by atoms with E-state index < -0.39 is 5.41 Å². The fraction of sp³-hybridized carbons (Fsp3) is 0.571. The first kappa shape index (κ1) is 17.8. The zero-order valence-corrected chi connectivity index (χ0v) is 15.4. The summed E-state index contributed by atoms with van der Waals surface area (Å²) in [5.74, 6) is -0.124. The van der Waals surface area contributed by atoms with Gasteiger partial charge in [0.15, 0.2) is 0 Å². The van der Waals surface area contributed by atoms with Crippen LogP contribution >= 0.6 is 0 Å². The van der Waals surface area contributed by atoms with E-state index in [4.69, 9.17) is 0 Å². The summed E-state index contributed by atoms with van der Waals surface area (Å²) in [6, 6.07) is 9.88. The predicted molar refractivity (Wildman–Crippen MR) is 95.7 cm³/mol. The van der Waals surface area contributed by atoms with Gasteiger partial charge in [0.05, 0.1) is 0 Å². The van der Waals surface area contributed by atoms with Crippen molar-refractivity contribution in [1.82, 2.24) is 4.90 Å². The Morgan fingerprint density at radius 1 is 1.20 bits per heavy atom. The minimum Gasteiger partial charge on any atom is -0.337 e. The number of benzene rings is 1. The van der Waals surface area contributed by atoms with E-state index in [1.807, 2.05) is 49.1 Å². The highest BCUT2D eigenvalue weighted by Gasteiger charge is 2.61. The van der Waals surface area contributed by atoms with E-state index in [1.165, 1.54) is 0 Å². The molecule has 2 atom stereocenters. The van der Waals surface area contributed by atoms with Crippen LogP contribution in [0.15, 0.2) is 30.3 Å². The van der Waals surface area contributed by atoms with Crippen molar-refractivity contribution >= 4 is 17.5 Å². The molecule has 25 heavy (non-hydrogen) atoms. The molecule has 1 spiro atoms. The Morgan fingerprint density at radius 2 is 1.88 bits per heavy atom. The van der Waals surface area contributed by atoms with Gasteiger partial charge in [-0.3, -0.25) is 9.59 Å². The number of ketones is 2. The minimum atomic E-state index is -0.998. The molecule has 1 aromatic rings. The van der Waals surface area contributed by atoms with E-state index in [1.54, 1.807) is 6.92 Å². The van der Waals surface area contributed by atoms with Gasteiger partial charge in [-0.05, 0) is 36.7 Å². The molecular formula is C21H27NO3. The molecule has 1 aromatic carbocycles. The Balaban J connectivity index is 1.92. The summed E-state index contributed by atoms with van der Waals surface area (Å²) in [6.07, 6.45) is 2.03. The van der Waals surface area contributed by atoms with Crippen molar-refractivity contribution in [3.8, 4) is 0 Å². The number of hydrogen-bond donors (Lipinski definition) is 0. The lowest BCUT2D eigenvalue weighted by Gasteiger charge is -2.44. The van der Waals surface area contributed by atoms with Crippen molar-refractivity contribution in [2.75, 3.05) is 6.54 Å². The molecule has 1 aliphatic carbocycles. The molecule has 1 aliphatic heterocycles. The number of carbonyl (C=O) groups is 3. The summed E-state index contributed by atoms with van der Waals surface area (Å²) in [6.45, 7) is 6.80. The van der Waals surface area contributed by atoms with Gasteiger partial charge in [0.25, 0.3) is 0 Å². The lowest BCUT2D eigenvalue weighted by atomic mass is 9.65. The van der Waals surface area contributed by atoms with Gasteiger partial charge in [-0.15, -0.1) is 0 Å². The predicted octanol–water partition coefficient (Wildman–Crippen LogP) is 3.39. The monoisotopic (exact) mass is 341 g/mol. The van der Waals surface area contributed by atoms with Gasteiger partial charge in [0.1, 0.15) is 17.0 Å². The molecular weight excluding hydrogens is 314 g/mol. The molecule has 2 aliphatic rings. The van der Waals surface area contributed by atoms with Gasteiger partial charge >= 0.3 is 0 Å². The molecule has 0 N–H and O–H groups in total. The summed E-state index contributed by atoms with van der Waals surface area (Å²) in [4.78, 5) is 40.0. The maximum absolute atomic E-state index is 13.4. The highest BCUT2D eigenvalue weighted by atomic mass is 16.2. The zero-order chi connectivity index (χ0) is 18.2. The van der Waals surface area contributed by atoms with Gasteiger partial charge in [0, 0.05) is 25.9 Å². The third kappa shape index (κ3) is 3.26. The van der Waals surface area contributed by atoms with Crippen LogP contribution in [0.3, 0.4) is 0 Å². The molecule has 0 bridgehead atoms. The SMILES string of the molecule is CC(=O)C[C@@H]1CCN(Cc2ccccc2)C(=O)[C@]12CC(C)(C)CC2=O. The second-order valence-corrected chi connectivity index (χ2v) is 8.52. The highest BCUT2D eigenvalue weighted by Crippen LogP contribution is 2.55. The summed E-state index contributed by atoms with van der Waals surface area (Å²) in [5, 5.41) is 0. The van der Waals surface area contributed by atoms with E-state index in [-0.39, 0.29) is 28.8 Å². The zero-order valence-electron chi connectivity index (χ0n) is 15.4. The number of rotatable bonds is 4. The average Bonchev–Trinajstić information content (AvgIpc) is 2.78. The van der Waals surface area contributed by atoms with Crippen LogP contribution in [0, 0.1) is 16.7 Å². The number of likely N-dealkylation sites (tertiary alicyclic amines) is 1. The van der Waals surface area contributed by atoms with Crippen LogP contribution in [0.5, 0.6) is 0 Å². The van der Waals surface area contributed by atoms with Crippen molar-refractivity contribution in [2.24, 2.45) is 16.7 Å². The smallest absolute Gasteiger partial charge is 0.236 e. The molecule has 1 saturated carbocycles. The van der Waals surface area contributed by atoms with Gasteiger partial charge in [-0.1, -0.05) is 44.2 Å². The maximum atomic E-state index is 13.4. The molecule has 134 valence electrons. The quantitative estimate of drug-likeness (QED) is 0.789. The summed E-state index contributed by atoms with van der Waals surface area (Å²) in [7, 11) is 0. The number of hydrogen-bond acceptors (Lipinski definition) is 3. The largest absolute Gasteiger partial charge is 0.337 e. The third-order valence-corrected chi connectivity index (χ3v) is 5.76. The van der Waals surface area contributed by atoms with Crippen LogP contribution < -0.4 is 0 Å². The highest BCUT2D eigenvalue weighted by molar-refractivity contribution is 6.09. The van der Waals surface area contributed by atoms with E-state index in [2.05, 4.69) is 0 Å². The number of Topliss-reactive ketones (excluding diaryl/α,β-unsaturated/α-hetero) is 2. The lowest BCUT2D eigenvalue weighted by molar-refractivity contribution is -0.158. The molecule has 4 heteroatoms. The Hall–Kier alpha value is -1.97. The fourth-order valence-corrected chi connectivity index (χ4v) is 4.77.